The lowest BCUT2D eigenvalue weighted by Gasteiger charge is -2.27. The molecule has 2 atom stereocenters. The molecule has 2 aliphatic rings. The van der Waals surface area contributed by atoms with Crippen LogP contribution in [0.3, 0.4) is 0 Å². The van der Waals surface area contributed by atoms with Gasteiger partial charge < -0.3 is 19.5 Å². The number of likely N-dealkylation sites (tertiary alicyclic amines) is 1. The molecule has 208 valence electrons. The first-order chi connectivity index (χ1) is 19.6. The van der Waals surface area contributed by atoms with E-state index in [0.29, 0.717) is 18.2 Å². The Morgan fingerprint density at radius 2 is 2.10 bits per heavy atom. The Bertz CT molecular complexity index is 1480. The minimum Gasteiger partial charge on any atom is -0.461 e. The molecule has 1 N–H and O–H groups in total. The van der Waals surface area contributed by atoms with Crippen molar-refractivity contribution in [3.8, 4) is 17.4 Å². The number of aromatic nitrogens is 5. The number of fused-ring (bicyclic) bond motifs is 1. The molecule has 4 aromatic rings. The zero-order valence-electron chi connectivity index (χ0n) is 22.4. The fourth-order valence-electron chi connectivity index (χ4n) is 5.24. The lowest BCUT2D eigenvalue weighted by Crippen LogP contribution is -2.33. The topological polar surface area (TPSA) is 117 Å². The molecule has 5 heterocycles. The van der Waals surface area contributed by atoms with Gasteiger partial charge in [-0.3, -0.25) is 9.47 Å². The van der Waals surface area contributed by atoms with E-state index in [1.54, 1.807) is 24.8 Å². The number of aryl methyl sites for hydroxylation is 1. The number of thiazole rings is 1. The maximum absolute atomic E-state index is 12.3. The van der Waals surface area contributed by atoms with E-state index in [4.69, 9.17) is 24.2 Å². The molecule has 2 aliphatic heterocycles. The molecule has 0 amide bonds. The predicted octanol–water partition coefficient (Wildman–Crippen LogP) is 3.65. The third-order valence-corrected chi connectivity index (χ3v) is 8.04. The first kappa shape index (κ1) is 26.4. The highest BCUT2D eigenvalue weighted by Gasteiger charge is 2.39. The van der Waals surface area contributed by atoms with Crippen molar-refractivity contribution in [2.75, 3.05) is 33.0 Å². The summed E-state index contributed by atoms with van der Waals surface area (Å²) in [5, 5.41) is 6.28. The zero-order chi connectivity index (χ0) is 27.5. The summed E-state index contributed by atoms with van der Waals surface area (Å²) >= 11 is 1.51. The van der Waals surface area contributed by atoms with Gasteiger partial charge in [0.25, 0.3) is 0 Å². The second-order valence-electron chi connectivity index (χ2n) is 9.74. The summed E-state index contributed by atoms with van der Waals surface area (Å²) < 4.78 is 17.9. The smallest absolute Gasteiger partial charge is 0.357 e. The Morgan fingerprint density at radius 3 is 2.95 bits per heavy atom. The number of carbonyl (C=O) groups excluding carboxylic acids is 1. The van der Waals surface area contributed by atoms with Gasteiger partial charge in [-0.1, -0.05) is 6.07 Å². The summed E-state index contributed by atoms with van der Waals surface area (Å²) in [5.41, 5.74) is 3.32. The molecule has 3 aromatic heterocycles. The van der Waals surface area contributed by atoms with Gasteiger partial charge in [-0.15, -0.1) is 11.3 Å². The van der Waals surface area contributed by atoms with E-state index in [1.807, 2.05) is 29.8 Å². The van der Waals surface area contributed by atoms with Gasteiger partial charge in [0, 0.05) is 49.0 Å². The summed E-state index contributed by atoms with van der Waals surface area (Å²) in [6.07, 6.45) is 6.17. The van der Waals surface area contributed by atoms with Crippen molar-refractivity contribution in [1.82, 2.24) is 34.7 Å². The third-order valence-electron chi connectivity index (χ3n) is 7.07. The number of imidazole rings is 1. The number of rotatable bonds is 10. The number of hydrogen-bond acceptors (Lipinski definition) is 11. The Kier molecular flexibility index (Phi) is 7.71. The van der Waals surface area contributed by atoms with Crippen molar-refractivity contribution >= 4 is 17.3 Å². The fourth-order valence-corrected chi connectivity index (χ4v) is 6.20. The number of carbonyl (C=O) groups is 1. The molecule has 0 saturated carbocycles. The van der Waals surface area contributed by atoms with E-state index < -0.39 is 0 Å². The summed E-state index contributed by atoms with van der Waals surface area (Å²) in [4.78, 5) is 33.2. The number of nitrogens with one attached hydrogen (secondary N) is 1. The minimum atomic E-state index is -0.385. The molecule has 1 fully saturated rings. The van der Waals surface area contributed by atoms with Crippen LogP contribution in [0.25, 0.3) is 5.95 Å². The average molecular weight is 562 g/mol. The molecule has 40 heavy (non-hydrogen) atoms. The first-order valence-electron chi connectivity index (χ1n) is 13.4. The van der Waals surface area contributed by atoms with Crippen molar-refractivity contribution in [3.05, 3.63) is 76.0 Å². The lowest BCUT2D eigenvalue weighted by atomic mass is 9.97. The zero-order valence-corrected chi connectivity index (χ0v) is 23.3. The summed E-state index contributed by atoms with van der Waals surface area (Å²) in [6, 6.07) is 8.07. The van der Waals surface area contributed by atoms with E-state index in [1.165, 1.54) is 11.3 Å². The second-order valence-corrected chi connectivity index (χ2v) is 10.6. The monoisotopic (exact) mass is 561 g/mol. The fraction of sp³-hybridized carbons (Fsp3) is 0.393. The van der Waals surface area contributed by atoms with Crippen LogP contribution in [0.2, 0.25) is 0 Å². The SMILES string of the molecule is CCOC(=O)c1csc([C@H]2CCN(CCNCc3ccc4c(c3)OCO4)[C@H]2c2cc(C)nc(-n3ccnc3)n2)n1. The summed E-state index contributed by atoms with van der Waals surface area (Å²) in [6.45, 7) is 7.61. The molecule has 0 unspecified atom stereocenters. The van der Waals surface area contributed by atoms with Gasteiger partial charge in [0.2, 0.25) is 12.7 Å². The number of hydrogen-bond donors (Lipinski definition) is 1. The van der Waals surface area contributed by atoms with Gasteiger partial charge in [0.15, 0.2) is 17.2 Å². The van der Waals surface area contributed by atoms with Crippen LogP contribution in [0.1, 0.15) is 57.8 Å². The van der Waals surface area contributed by atoms with Gasteiger partial charge in [-0.05, 0) is 50.6 Å². The molecule has 1 aromatic carbocycles. The molecule has 0 radical (unpaired) electrons. The Balaban J connectivity index is 1.22. The Labute approximate surface area is 236 Å². The third kappa shape index (κ3) is 5.55. The second kappa shape index (κ2) is 11.7. The van der Waals surface area contributed by atoms with Crippen molar-refractivity contribution in [3.63, 3.8) is 0 Å². The highest BCUT2D eigenvalue weighted by atomic mass is 32.1. The van der Waals surface area contributed by atoms with Gasteiger partial charge in [0.1, 0.15) is 6.33 Å². The van der Waals surface area contributed by atoms with Crippen LogP contribution in [0.4, 0.5) is 0 Å². The molecule has 1 saturated heterocycles. The maximum Gasteiger partial charge on any atom is 0.357 e. The van der Waals surface area contributed by atoms with Gasteiger partial charge in [-0.2, -0.15) is 0 Å². The van der Waals surface area contributed by atoms with Gasteiger partial charge in [-0.25, -0.2) is 24.7 Å². The quantitative estimate of drug-likeness (QED) is 0.227. The number of esters is 1. The van der Waals surface area contributed by atoms with E-state index in [0.717, 1.165) is 66.1 Å². The van der Waals surface area contributed by atoms with Crippen molar-refractivity contribution in [1.29, 1.82) is 0 Å². The minimum absolute atomic E-state index is 0.0162. The highest BCUT2D eigenvalue weighted by molar-refractivity contribution is 7.09. The molecular formula is C28H31N7O4S. The maximum atomic E-state index is 12.3. The normalized spacial score (nSPS) is 18.4. The largest absolute Gasteiger partial charge is 0.461 e. The molecule has 6 rings (SSSR count). The van der Waals surface area contributed by atoms with Crippen LogP contribution < -0.4 is 14.8 Å². The van der Waals surface area contributed by atoms with Crippen LogP contribution in [0.5, 0.6) is 11.5 Å². The number of ether oxygens (including phenoxy) is 3. The first-order valence-corrected chi connectivity index (χ1v) is 14.3. The van der Waals surface area contributed by atoms with Crippen LogP contribution in [-0.4, -0.2) is 68.4 Å². The Hall–Kier alpha value is -3.87. The molecule has 11 nitrogen and oxygen atoms in total. The van der Waals surface area contributed by atoms with Gasteiger partial charge >= 0.3 is 5.97 Å². The summed E-state index contributed by atoms with van der Waals surface area (Å²) in [7, 11) is 0. The van der Waals surface area contributed by atoms with E-state index in [-0.39, 0.29) is 24.7 Å². The molecule has 12 heteroatoms. The van der Waals surface area contributed by atoms with E-state index in [2.05, 4.69) is 32.3 Å². The Morgan fingerprint density at radius 1 is 1.20 bits per heavy atom. The van der Waals surface area contributed by atoms with Crippen molar-refractivity contribution in [2.24, 2.45) is 0 Å². The number of benzene rings is 1. The number of nitrogens with zero attached hydrogens (tertiary/aromatic N) is 6. The molecule has 0 spiro atoms. The van der Waals surface area contributed by atoms with Crippen LogP contribution in [0.15, 0.2) is 48.4 Å². The highest BCUT2D eigenvalue weighted by Crippen LogP contribution is 2.44. The van der Waals surface area contributed by atoms with Crippen LogP contribution in [-0.2, 0) is 11.3 Å². The van der Waals surface area contributed by atoms with Crippen molar-refractivity contribution < 1.29 is 19.0 Å². The average Bonchev–Trinajstić information content (AvgIpc) is 3.77. The van der Waals surface area contributed by atoms with Gasteiger partial charge in [0.05, 0.1) is 23.4 Å². The van der Waals surface area contributed by atoms with Crippen LogP contribution >= 0.6 is 11.3 Å². The van der Waals surface area contributed by atoms with Crippen molar-refractivity contribution in [2.45, 2.75) is 38.8 Å². The summed E-state index contributed by atoms with van der Waals surface area (Å²) in [5.74, 6) is 1.88. The predicted molar refractivity (Wildman–Crippen MR) is 148 cm³/mol. The van der Waals surface area contributed by atoms with E-state index >= 15 is 0 Å². The van der Waals surface area contributed by atoms with Crippen LogP contribution in [0, 0.1) is 6.92 Å². The molecule has 0 bridgehead atoms. The molecule has 0 aliphatic carbocycles. The van der Waals surface area contributed by atoms with E-state index in [9.17, 15) is 4.79 Å². The standard InChI is InChI=1S/C28H31N7O4S/c1-3-37-27(36)22-15-40-26(32-22)20-6-9-34(10-7-29-14-19-4-5-23-24(13-19)39-17-38-23)25(20)21-12-18(2)31-28(33-21)35-11-8-30-16-35/h4-5,8,11-13,15-16,20,25,29H,3,6-7,9-10,14,17H2,1-2H3/t20-,25+/m0/s1. The lowest BCUT2D eigenvalue weighted by molar-refractivity contribution is 0.0520. The molecular weight excluding hydrogens is 530 g/mol.